The van der Waals surface area contributed by atoms with Crippen molar-refractivity contribution in [2.75, 3.05) is 5.75 Å². The van der Waals surface area contributed by atoms with Crippen LogP contribution in [0.3, 0.4) is 0 Å². The van der Waals surface area contributed by atoms with Crippen LogP contribution in [0.15, 0.2) is 48.5 Å². The summed E-state index contributed by atoms with van der Waals surface area (Å²) in [4.78, 5) is 28.1. The lowest BCUT2D eigenvalue weighted by Crippen LogP contribution is -2.52. The van der Waals surface area contributed by atoms with E-state index in [-0.39, 0.29) is 29.4 Å². The fourth-order valence-corrected chi connectivity index (χ4v) is 5.22. The summed E-state index contributed by atoms with van der Waals surface area (Å²) >= 11 is 7.38. The molecule has 1 atom stereocenters. The molecule has 3 rings (SSSR count). The molecule has 1 fully saturated rings. The van der Waals surface area contributed by atoms with Gasteiger partial charge in [-0.25, -0.2) is 4.39 Å². The summed E-state index contributed by atoms with van der Waals surface area (Å²) in [6.07, 6.45) is 5.97. The van der Waals surface area contributed by atoms with Crippen molar-refractivity contribution >= 4 is 35.2 Å². The van der Waals surface area contributed by atoms with Crippen molar-refractivity contribution in [1.82, 2.24) is 10.2 Å². The number of benzene rings is 2. The van der Waals surface area contributed by atoms with Crippen LogP contribution >= 0.6 is 23.4 Å². The number of carbonyl (C=O) groups is 2. The van der Waals surface area contributed by atoms with E-state index >= 15 is 0 Å². The molecule has 0 saturated heterocycles. The molecule has 2 aromatic carbocycles. The Balaban J connectivity index is 1.70. The lowest BCUT2D eigenvalue weighted by atomic mass is 9.95. The van der Waals surface area contributed by atoms with Crippen molar-refractivity contribution in [3.05, 3.63) is 70.5 Å². The van der Waals surface area contributed by atoms with Gasteiger partial charge in [0.25, 0.3) is 0 Å². The Bertz CT molecular complexity index is 919. The van der Waals surface area contributed by atoms with Gasteiger partial charge in [0, 0.05) is 23.4 Å². The topological polar surface area (TPSA) is 49.4 Å². The molecule has 1 aliphatic rings. The normalized spacial score (nSPS) is 15.1. The average Bonchev–Trinajstić information content (AvgIpc) is 2.82. The lowest BCUT2D eigenvalue weighted by Gasteiger charge is -2.32. The first-order valence-electron chi connectivity index (χ1n) is 11.6. The fourth-order valence-electron chi connectivity index (χ4n) is 4.20. The maximum absolute atomic E-state index is 13.9. The molecule has 33 heavy (non-hydrogen) atoms. The molecule has 1 saturated carbocycles. The van der Waals surface area contributed by atoms with E-state index in [1.165, 1.54) is 24.2 Å². The van der Waals surface area contributed by atoms with E-state index in [9.17, 15) is 14.0 Å². The third-order valence-corrected chi connectivity index (χ3v) is 7.26. The van der Waals surface area contributed by atoms with Crippen LogP contribution in [-0.2, 0) is 21.9 Å². The highest BCUT2D eigenvalue weighted by Gasteiger charge is 2.30. The summed E-state index contributed by atoms with van der Waals surface area (Å²) in [5.41, 5.74) is 1.48. The first-order chi connectivity index (χ1) is 16.0. The summed E-state index contributed by atoms with van der Waals surface area (Å²) in [6.45, 7) is 2.26. The Morgan fingerprint density at radius 1 is 1.12 bits per heavy atom. The Morgan fingerprint density at radius 2 is 1.82 bits per heavy atom. The number of amides is 2. The van der Waals surface area contributed by atoms with E-state index in [2.05, 4.69) is 5.32 Å². The molecule has 2 amide bonds. The van der Waals surface area contributed by atoms with Crippen LogP contribution in [0, 0.1) is 5.82 Å². The van der Waals surface area contributed by atoms with Crippen LogP contribution in [0.2, 0.25) is 5.02 Å². The molecule has 0 aromatic heterocycles. The minimum Gasteiger partial charge on any atom is -0.352 e. The molecule has 0 unspecified atom stereocenters. The molecule has 0 aliphatic heterocycles. The SMILES string of the molecule is CC[C@@H](C(=O)NC1CCCCC1)N(Cc1ccc(Cl)cc1)C(=O)CSCc1ccccc1F. The van der Waals surface area contributed by atoms with Crippen molar-refractivity contribution in [3.8, 4) is 0 Å². The van der Waals surface area contributed by atoms with E-state index in [0.717, 1.165) is 31.2 Å². The summed E-state index contributed by atoms with van der Waals surface area (Å²) in [7, 11) is 0. The molecule has 1 N–H and O–H groups in total. The Morgan fingerprint density at radius 3 is 2.48 bits per heavy atom. The van der Waals surface area contributed by atoms with Gasteiger partial charge >= 0.3 is 0 Å². The Labute approximate surface area is 205 Å². The number of carbonyl (C=O) groups excluding carboxylic acids is 2. The molecule has 0 radical (unpaired) electrons. The minimum absolute atomic E-state index is 0.0918. The molecule has 0 heterocycles. The van der Waals surface area contributed by atoms with Crippen LogP contribution in [-0.4, -0.2) is 34.6 Å². The number of hydrogen-bond donors (Lipinski definition) is 1. The highest BCUT2D eigenvalue weighted by atomic mass is 35.5. The maximum Gasteiger partial charge on any atom is 0.243 e. The van der Waals surface area contributed by atoms with Gasteiger partial charge in [0.05, 0.1) is 5.75 Å². The highest BCUT2D eigenvalue weighted by molar-refractivity contribution is 7.99. The van der Waals surface area contributed by atoms with Crippen molar-refractivity contribution < 1.29 is 14.0 Å². The van der Waals surface area contributed by atoms with Gasteiger partial charge < -0.3 is 10.2 Å². The monoisotopic (exact) mass is 490 g/mol. The van der Waals surface area contributed by atoms with Crippen LogP contribution in [0.1, 0.15) is 56.6 Å². The van der Waals surface area contributed by atoms with Gasteiger partial charge in [-0.2, -0.15) is 0 Å². The molecule has 178 valence electrons. The van der Waals surface area contributed by atoms with Crippen LogP contribution < -0.4 is 5.32 Å². The zero-order valence-corrected chi connectivity index (χ0v) is 20.6. The molecule has 2 aromatic rings. The quantitative estimate of drug-likeness (QED) is 0.446. The largest absolute Gasteiger partial charge is 0.352 e. The van der Waals surface area contributed by atoms with Gasteiger partial charge in [-0.15, -0.1) is 11.8 Å². The van der Waals surface area contributed by atoms with Crippen LogP contribution in [0.4, 0.5) is 4.39 Å². The van der Waals surface area contributed by atoms with E-state index < -0.39 is 6.04 Å². The smallest absolute Gasteiger partial charge is 0.243 e. The van der Waals surface area contributed by atoms with Gasteiger partial charge in [-0.3, -0.25) is 9.59 Å². The van der Waals surface area contributed by atoms with E-state index in [4.69, 9.17) is 11.6 Å². The van der Waals surface area contributed by atoms with Crippen LogP contribution in [0.5, 0.6) is 0 Å². The van der Waals surface area contributed by atoms with E-state index in [1.54, 1.807) is 35.2 Å². The first kappa shape index (κ1) is 25.6. The number of thioether (sulfide) groups is 1. The van der Waals surface area contributed by atoms with Gasteiger partial charge in [-0.05, 0) is 48.6 Å². The van der Waals surface area contributed by atoms with Crippen molar-refractivity contribution in [2.45, 2.75) is 69.8 Å². The van der Waals surface area contributed by atoms with Gasteiger partial charge in [0.2, 0.25) is 11.8 Å². The summed E-state index contributed by atoms with van der Waals surface area (Å²) < 4.78 is 13.9. The van der Waals surface area contributed by atoms with Crippen molar-refractivity contribution in [2.24, 2.45) is 0 Å². The molecular formula is C26H32ClFN2O2S. The second-order valence-electron chi connectivity index (χ2n) is 8.50. The van der Waals surface area contributed by atoms with Crippen molar-refractivity contribution in [3.63, 3.8) is 0 Å². The van der Waals surface area contributed by atoms with Gasteiger partial charge in [0.15, 0.2) is 0 Å². The molecule has 0 bridgehead atoms. The molecule has 7 heteroatoms. The predicted molar refractivity (Wildman–Crippen MR) is 134 cm³/mol. The summed E-state index contributed by atoms with van der Waals surface area (Å²) in [6, 6.07) is 13.5. The third kappa shape index (κ3) is 7.75. The predicted octanol–water partition coefficient (Wildman–Crippen LogP) is 5.97. The van der Waals surface area contributed by atoms with Gasteiger partial charge in [-0.1, -0.05) is 68.1 Å². The maximum atomic E-state index is 13.9. The molecular weight excluding hydrogens is 459 g/mol. The Kier molecular flexibility index (Phi) is 10.1. The number of hydrogen-bond acceptors (Lipinski definition) is 3. The third-order valence-electron chi connectivity index (χ3n) is 6.04. The number of rotatable bonds is 10. The van der Waals surface area contributed by atoms with Crippen LogP contribution in [0.25, 0.3) is 0 Å². The zero-order valence-electron chi connectivity index (χ0n) is 19.1. The molecule has 0 spiro atoms. The second kappa shape index (κ2) is 13.0. The number of nitrogens with one attached hydrogen (secondary N) is 1. The molecule has 4 nitrogen and oxygen atoms in total. The standard InChI is InChI=1S/C26H32ClFN2O2S/c1-2-24(26(32)29-22-9-4-3-5-10-22)30(16-19-12-14-21(27)15-13-19)25(31)18-33-17-20-8-6-7-11-23(20)28/h6-8,11-15,22,24H,2-5,9-10,16-18H2,1H3,(H,29,32)/t24-/m0/s1. The average molecular weight is 491 g/mol. The van der Waals surface area contributed by atoms with E-state index in [1.807, 2.05) is 19.1 Å². The fraction of sp³-hybridized carbons (Fsp3) is 0.462. The van der Waals surface area contributed by atoms with Crippen molar-refractivity contribution in [1.29, 1.82) is 0 Å². The summed E-state index contributed by atoms with van der Waals surface area (Å²) in [5, 5.41) is 3.80. The van der Waals surface area contributed by atoms with Gasteiger partial charge in [0.1, 0.15) is 11.9 Å². The summed E-state index contributed by atoms with van der Waals surface area (Å²) in [5.74, 6) is 0.0874. The Hall–Kier alpha value is -2.05. The highest BCUT2D eigenvalue weighted by Crippen LogP contribution is 2.21. The molecule has 1 aliphatic carbocycles. The zero-order chi connectivity index (χ0) is 23.6. The lowest BCUT2D eigenvalue weighted by molar-refractivity contribution is -0.139. The minimum atomic E-state index is -0.552. The number of halogens is 2. The first-order valence-corrected chi connectivity index (χ1v) is 13.2. The number of nitrogens with zero attached hydrogens (tertiary/aromatic N) is 1. The second-order valence-corrected chi connectivity index (χ2v) is 9.92. The van der Waals surface area contributed by atoms with E-state index in [0.29, 0.717) is 29.3 Å².